The molecule has 1 aromatic carbocycles. The predicted octanol–water partition coefficient (Wildman–Crippen LogP) is 3.46. The molecule has 0 amide bonds. The molecular weight excluding hydrogens is 360 g/mol. The number of benzene rings is 1. The lowest BCUT2D eigenvalue weighted by Gasteiger charge is -2.07. The van der Waals surface area contributed by atoms with Gasteiger partial charge in [-0.15, -0.1) is 0 Å². The van der Waals surface area contributed by atoms with Crippen molar-refractivity contribution in [1.29, 1.82) is 0 Å². The quantitative estimate of drug-likeness (QED) is 0.880. The van der Waals surface area contributed by atoms with Gasteiger partial charge in [0.2, 0.25) is 6.79 Å². The summed E-state index contributed by atoms with van der Waals surface area (Å²) in [7, 11) is 0. The van der Waals surface area contributed by atoms with Gasteiger partial charge in [-0.2, -0.15) is 0 Å². The van der Waals surface area contributed by atoms with Gasteiger partial charge in [0.25, 0.3) is 5.56 Å². The van der Waals surface area contributed by atoms with Gasteiger partial charge in [-0.3, -0.25) is 4.79 Å². The molecule has 0 unspecified atom stereocenters. The molecule has 0 spiro atoms. The molecule has 5 nitrogen and oxygen atoms in total. The lowest BCUT2D eigenvalue weighted by Crippen LogP contribution is -2.13. The van der Waals surface area contributed by atoms with Crippen molar-refractivity contribution in [2.45, 2.75) is 18.8 Å². The largest absolute Gasteiger partial charge is 0.454 e. The molecular formula is C14H10BrClN2O3. The lowest BCUT2D eigenvalue weighted by atomic mass is 10.1. The lowest BCUT2D eigenvalue weighted by molar-refractivity contribution is 0.174. The van der Waals surface area contributed by atoms with Crippen LogP contribution in [0.1, 0.15) is 24.5 Å². The van der Waals surface area contributed by atoms with E-state index in [0.717, 1.165) is 18.5 Å². The van der Waals surface area contributed by atoms with Crippen molar-refractivity contribution in [3.8, 4) is 22.9 Å². The van der Waals surface area contributed by atoms with Gasteiger partial charge < -0.3 is 14.5 Å². The molecule has 1 aliphatic carbocycles. The fourth-order valence-corrected chi connectivity index (χ4v) is 3.12. The summed E-state index contributed by atoms with van der Waals surface area (Å²) >= 11 is 9.49. The highest BCUT2D eigenvalue weighted by Crippen LogP contribution is 2.43. The zero-order chi connectivity index (χ0) is 14.6. The van der Waals surface area contributed by atoms with Crippen molar-refractivity contribution in [2.24, 2.45) is 0 Å². The maximum atomic E-state index is 12.1. The summed E-state index contributed by atoms with van der Waals surface area (Å²) < 4.78 is 11.1. The maximum absolute atomic E-state index is 12.1. The number of H-pyrrole nitrogens is 1. The van der Waals surface area contributed by atoms with Gasteiger partial charge in [0.15, 0.2) is 11.5 Å². The van der Waals surface area contributed by atoms with Crippen molar-refractivity contribution in [3.63, 3.8) is 0 Å². The monoisotopic (exact) mass is 368 g/mol. The first-order valence-corrected chi connectivity index (χ1v) is 7.70. The molecule has 1 N–H and O–H groups in total. The van der Waals surface area contributed by atoms with Crippen molar-refractivity contribution in [3.05, 3.63) is 37.7 Å². The van der Waals surface area contributed by atoms with Crippen LogP contribution in [-0.4, -0.2) is 16.8 Å². The van der Waals surface area contributed by atoms with Crippen LogP contribution < -0.4 is 15.0 Å². The molecule has 1 fully saturated rings. The Kier molecular flexibility index (Phi) is 2.97. The van der Waals surface area contributed by atoms with Crippen LogP contribution in [0.5, 0.6) is 11.5 Å². The SMILES string of the molecule is O=c1[nH]c(-c2cc(Cl)c3c(c2)OCO3)nc(C2CC2)c1Br. The van der Waals surface area contributed by atoms with E-state index >= 15 is 0 Å². The molecule has 0 bridgehead atoms. The first-order chi connectivity index (χ1) is 10.1. The number of fused-ring (bicyclic) bond motifs is 1. The Morgan fingerprint density at radius 3 is 2.90 bits per heavy atom. The summed E-state index contributed by atoms with van der Waals surface area (Å²) in [6.45, 7) is 0.149. The topological polar surface area (TPSA) is 64.2 Å². The number of hydrogen-bond acceptors (Lipinski definition) is 4. The standard InChI is InChI=1S/C14H10BrClN2O3/c15-10-11(6-1-2-6)17-13(18-14(10)19)7-3-8(16)12-9(4-7)20-5-21-12/h3-4,6H,1-2,5H2,(H,17,18,19). The highest BCUT2D eigenvalue weighted by Gasteiger charge is 2.29. The first kappa shape index (κ1) is 13.2. The van der Waals surface area contributed by atoms with Crippen LogP contribution in [0.15, 0.2) is 21.4 Å². The Balaban J connectivity index is 1.87. The fraction of sp³-hybridized carbons (Fsp3) is 0.286. The Labute approximate surface area is 133 Å². The number of aromatic nitrogens is 2. The Morgan fingerprint density at radius 2 is 2.14 bits per heavy atom. The van der Waals surface area contributed by atoms with E-state index in [1.54, 1.807) is 12.1 Å². The molecule has 0 saturated heterocycles. The van der Waals surface area contributed by atoms with Crippen LogP contribution in [-0.2, 0) is 0 Å². The molecule has 21 heavy (non-hydrogen) atoms. The average Bonchev–Trinajstić information content (AvgIpc) is 3.19. The number of nitrogens with zero attached hydrogens (tertiary/aromatic N) is 1. The summed E-state index contributed by atoms with van der Waals surface area (Å²) in [5.74, 6) is 1.95. The molecule has 2 aromatic rings. The van der Waals surface area contributed by atoms with Gasteiger partial charge in [-0.1, -0.05) is 11.6 Å². The summed E-state index contributed by atoms with van der Waals surface area (Å²) in [6.07, 6.45) is 2.13. The van der Waals surface area contributed by atoms with Gasteiger partial charge in [0.05, 0.1) is 10.7 Å². The van der Waals surface area contributed by atoms with E-state index in [4.69, 9.17) is 21.1 Å². The number of halogens is 2. The molecule has 1 saturated carbocycles. The highest BCUT2D eigenvalue weighted by atomic mass is 79.9. The molecule has 2 aliphatic rings. The molecule has 108 valence electrons. The van der Waals surface area contributed by atoms with Crippen LogP contribution >= 0.6 is 27.5 Å². The molecule has 1 aliphatic heterocycles. The van der Waals surface area contributed by atoms with Gasteiger partial charge >= 0.3 is 0 Å². The molecule has 2 heterocycles. The van der Waals surface area contributed by atoms with Gasteiger partial charge in [-0.25, -0.2) is 4.98 Å². The molecule has 4 rings (SSSR count). The Hall–Kier alpha value is -1.53. The number of rotatable bonds is 2. The second-order valence-corrected chi connectivity index (χ2v) is 6.28. The molecule has 1 aromatic heterocycles. The number of aromatic amines is 1. The molecule has 0 radical (unpaired) electrons. The smallest absolute Gasteiger partial charge is 0.265 e. The summed E-state index contributed by atoms with van der Waals surface area (Å²) in [5.41, 5.74) is 1.33. The zero-order valence-corrected chi connectivity index (χ0v) is 13.1. The van der Waals surface area contributed by atoms with E-state index in [-0.39, 0.29) is 12.4 Å². The van der Waals surface area contributed by atoms with Crippen molar-refractivity contribution in [2.75, 3.05) is 6.79 Å². The van der Waals surface area contributed by atoms with Crippen LogP contribution in [0.2, 0.25) is 5.02 Å². The van der Waals surface area contributed by atoms with E-state index in [9.17, 15) is 4.79 Å². The number of nitrogens with one attached hydrogen (secondary N) is 1. The van der Waals surface area contributed by atoms with E-state index in [1.807, 2.05) is 0 Å². The maximum Gasteiger partial charge on any atom is 0.265 e. The number of hydrogen-bond donors (Lipinski definition) is 1. The van der Waals surface area contributed by atoms with Crippen molar-refractivity contribution >= 4 is 27.5 Å². The minimum atomic E-state index is -0.185. The third-order valence-corrected chi connectivity index (χ3v) is 4.60. The molecule has 0 atom stereocenters. The van der Waals surface area contributed by atoms with E-state index in [2.05, 4.69) is 25.9 Å². The summed E-state index contributed by atoms with van der Waals surface area (Å²) in [4.78, 5) is 19.4. The highest BCUT2D eigenvalue weighted by molar-refractivity contribution is 9.10. The van der Waals surface area contributed by atoms with E-state index < -0.39 is 0 Å². The minimum absolute atomic E-state index is 0.149. The third-order valence-electron chi connectivity index (χ3n) is 3.55. The van der Waals surface area contributed by atoms with Crippen LogP contribution in [0.25, 0.3) is 11.4 Å². The second kappa shape index (κ2) is 4.74. The average molecular weight is 370 g/mol. The Bertz CT molecular complexity index is 802. The summed E-state index contributed by atoms with van der Waals surface area (Å²) in [5, 5.41) is 0.443. The van der Waals surface area contributed by atoms with E-state index in [1.165, 1.54) is 0 Å². The minimum Gasteiger partial charge on any atom is -0.454 e. The first-order valence-electron chi connectivity index (χ1n) is 6.52. The number of ether oxygens (including phenoxy) is 2. The van der Waals surface area contributed by atoms with Crippen LogP contribution in [0, 0.1) is 0 Å². The molecule has 7 heteroatoms. The van der Waals surface area contributed by atoms with Gasteiger partial charge in [-0.05, 0) is 40.9 Å². The predicted molar refractivity (Wildman–Crippen MR) is 81.1 cm³/mol. The van der Waals surface area contributed by atoms with Crippen LogP contribution in [0.3, 0.4) is 0 Å². The van der Waals surface area contributed by atoms with Crippen LogP contribution in [0.4, 0.5) is 0 Å². The third kappa shape index (κ3) is 2.22. The fourth-order valence-electron chi connectivity index (χ4n) is 2.34. The Morgan fingerprint density at radius 1 is 1.33 bits per heavy atom. The summed E-state index contributed by atoms with van der Waals surface area (Å²) in [6, 6.07) is 3.50. The van der Waals surface area contributed by atoms with Crippen molar-refractivity contribution in [1.82, 2.24) is 9.97 Å². The zero-order valence-electron chi connectivity index (χ0n) is 10.8. The van der Waals surface area contributed by atoms with E-state index in [0.29, 0.717) is 38.3 Å². The van der Waals surface area contributed by atoms with Gasteiger partial charge in [0.1, 0.15) is 10.3 Å². The van der Waals surface area contributed by atoms with Crippen molar-refractivity contribution < 1.29 is 9.47 Å². The van der Waals surface area contributed by atoms with Gasteiger partial charge in [0, 0.05) is 11.5 Å². The second-order valence-electron chi connectivity index (χ2n) is 5.08. The normalized spacial score (nSPS) is 16.3.